The van der Waals surface area contributed by atoms with E-state index in [0.717, 1.165) is 11.4 Å². The summed E-state index contributed by atoms with van der Waals surface area (Å²) in [5.41, 5.74) is 7.86. The van der Waals surface area contributed by atoms with Crippen molar-refractivity contribution in [3.8, 4) is 0 Å². The fourth-order valence-corrected chi connectivity index (χ4v) is 0.954. The van der Waals surface area contributed by atoms with E-state index in [1.165, 1.54) is 0 Å². The summed E-state index contributed by atoms with van der Waals surface area (Å²) in [5, 5.41) is 7.14. The number of hydrogen-bond donors (Lipinski definition) is 2. The average Bonchev–Trinajstić information content (AvgIpc) is 2.30. The van der Waals surface area contributed by atoms with Crippen LogP contribution in [0.3, 0.4) is 0 Å². The lowest BCUT2D eigenvalue weighted by Crippen LogP contribution is -2.11. The topological polar surface area (TPSA) is 54.7 Å². The van der Waals surface area contributed by atoms with Gasteiger partial charge in [-0.05, 0) is 13.0 Å². The van der Waals surface area contributed by atoms with E-state index in [4.69, 9.17) is 5.73 Å². The third-order valence-electron chi connectivity index (χ3n) is 1.86. The van der Waals surface area contributed by atoms with Crippen LogP contribution >= 0.6 is 0 Å². The van der Waals surface area contributed by atoms with E-state index >= 15 is 0 Å². The molecule has 0 fully saturated rings. The third-order valence-corrected chi connectivity index (χ3v) is 1.86. The van der Waals surface area contributed by atoms with Crippen molar-refractivity contribution in [2.45, 2.75) is 39.2 Å². The third kappa shape index (κ3) is 1.85. The Morgan fingerprint density at radius 1 is 1.50 bits per heavy atom. The molecule has 0 saturated heterocycles. The van der Waals surface area contributed by atoms with Crippen molar-refractivity contribution in [3.05, 3.63) is 17.5 Å². The largest absolute Gasteiger partial charge is 0.323 e. The van der Waals surface area contributed by atoms with Crippen LogP contribution in [0.2, 0.25) is 0 Å². The molecule has 0 aromatic carbocycles. The van der Waals surface area contributed by atoms with Gasteiger partial charge in [0, 0.05) is 11.5 Å². The van der Waals surface area contributed by atoms with E-state index in [-0.39, 0.29) is 11.5 Å². The highest BCUT2D eigenvalue weighted by Gasteiger charge is 2.17. The first kappa shape index (κ1) is 9.26. The summed E-state index contributed by atoms with van der Waals surface area (Å²) in [5.74, 6) is 0. The minimum absolute atomic E-state index is 0.0357. The summed E-state index contributed by atoms with van der Waals surface area (Å²) in [6, 6.07) is 2.07. The summed E-state index contributed by atoms with van der Waals surface area (Å²) in [7, 11) is 0. The van der Waals surface area contributed by atoms with E-state index in [1.807, 2.05) is 13.0 Å². The van der Waals surface area contributed by atoms with E-state index < -0.39 is 0 Å². The van der Waals surface area contributed by atoms with Gasteiger partial charge >= 0.3 is 0 Å². The maximum atomic E-state index is 5.70. The lowest BCUT2D eigenvalue weighted by atomic mass is 9.92. The molecule has 3 heteroatoms. The van der Waals surface area contributed by atoms with Crippen LogP contribution in [-0.2, 0) is 5.41 Å². The lowest BCUT2D eigenvalue weighted by Gasteiger charge is -2.13. The minimum Gasteiger partial charge on any atom is -0.323 e. The molecule has 68 valence electrons. The van der Waals surface area contributed by atoms with Gasteiger partial charge in [-0.3, -0.25) is 5.10 Å². The molecule has 3 N–H and O–H groups in total. The molecular formula is C9H17N3. The Bertz CT molecular complexity index is 255. The standard InChI is InChI=1S/C9H17N3/c1-6(10)7-5-8(12-11-7)9(2,3)4/h5-6H,10H2,1-4H3,(H,11,12)/t6-/m0/s1. The predicted molar refractivity (Wildman–Crippen MR) is 49.9 cm³/mol. The van der Waals surface area contributed by atoms with Crippen LogP contribution in [0.25, 0.3) is 0 Å². The zero-order valence-electron chi connectivity index (χ0n) is 8.18. The number of rotatable bonds is 1. The highest BCUT2D eigenvalue weighted by molar-refractivity contribution is 5.17. The quantitative estimate of drug-likeness (QED) is 0.669. The summed E-state index contributed by atoms with van der Waals surface area (Å²) in [4.78, 5) is 0. The Morgan fingerprint density at radius 2 is 2.08 bits per heavy atom. The van der Waals surface area contributed by atoms with Crippen LogP contribution in [0.1, 0.15) is 45.1 Å². The molecule has 12 heavy (non-hydrogen) atoms. The van der Waals surface area contributed by atoms with Crippen molar-refractivity contribution < 1.29 is 0 Å². The number of nitrogens with one attached hydrogen (secondary N) is 1. The van der Waals surface area contributed by atoms with Crippen molar-refractivity contribution in [1.82, 2.24) is 10.2 Å². The van der Waals surface area contributed by atoms with Crippen molar-refractivity contribution in [2.75, 3.05) is 0 Å². The smallest absolute Gasteiger partial charge is 0.0678 e. The Kier molecular flexibility index (Phi) is 2.24. The van der Waals surface area contributed by atoms with Crippen LogP contribution in [0.15, 0.2) is 6.07 Å². The van der Waals surface area contributed by atoms with Crippen molar-refractivity contribution >= 4 is 0 Å². The molecule has 0 spiro atoms. The van der Waals surface area contributed by atoms with Gasteiger partial charge in [0.25, 0.3) is 0 Å². The van der Waals surface area contributed by atoms with E-state index in [9.17, 15) is 0 Å². The molecular weight excluding hydrogens is 150 g/mol. The normalized spacial score (nSPS) is 14.8. The monoisotopic (exact) mass is 167 g/mol. The van der Waals surface area contributed by atoms with Gasteiger partial charge in [-0.1, -0.05) is 20.8 Å². The summed E-state index contributed by atoms with van der Waals surface area (Å²) >= 11 is 0. The van der Waals surface area contributed by atoms with E-state index in [1.54, 1.807) is 0 Å². The first-order valence-electron chi connectivity index (χ1n) is 4.22. The number of aromatic amines is 1. The molecule has 0 unspecified atom stereocenters. The summed E-state index contributed by atoms with van der Waals surface area (Å²) in [6.45, 7) is 8.34. The molecule has 0 aliphatic carbocycles. The van der Waals surface area contributed by atoms with Crippen LogP contribution in [0.5, 0.6) is 0 Å². The number of nitrogens with two attached hydrogens (primary N) is 1. The Labute approximate surface area is 73.4 Å². The molecule has 0 aliphatic heterocycles. The molecule has 0 radical (unpaired) electrons. The number of H-pyrrole nitrogens is 1. The molecule has 1 atom stereocenters. The Balaban J connectivity index is 2.92. The lowest BCUT2D eigenvalue weighted by molar-refractivity contribution is 0.567. The van der Waals surface area contributed by atoms with Gasteiger partial charge in [0.05, 0.1) is 11.4 Å². The van der Waals surface area contributed by atoms with Crippen molar-refractivity contribution in [3.63, 3.8) is 0 Å². The fourth-order valence-electron chi connectivity index (χ4n) is 0.954. The second kappa shape index (κ2) is 2.90. The zero-order chi connectivity index (χ0) is 9.35. The van der Waals surface area contributed by atoms with Gasteiger partial charge in [0.1, 0.15) is 0 Å². The summed E-state index contributed by atoms with van der Waals surface area (Å²) < 4.78 is 0. The molecule has 1 heterocycles. The average molecular weight is 167 g/mol. The van der Waals surface area contributed by atoms with Gasteiger partial charge in [-0.2, -0.15) is 5.10 Å². The number of nitrogens with zero attached hydrogens (tertiary/aromatic N) is 1. The highest BCUT2D eigenvalue weighted by atomic mass is 15.1. The second-order valence-electron chi connectivity index (χ2n) is 4.25. The van der Waals surface area contributed by atoms with Gasteiger partial charge < -0.3 is 5.73 Å². The van der Waals surface area contributed by atoms with Crippen LogP contribution in [-0.4, -0.2) is 10.2 Å². The number of hydrogen-bond acceptors (Lipinski definition) is 2. The molecule has 0 saturated carbocycles. The first-order chi connectivity index (χ1) is 5.41. The van der Waals surface area contributed by atoms with Crippen molar-refractivity contribution in [2.24, 2.45) is 5.73 Å². The molecule has 0 aliphatic rings. The molecule has 0 bridgehead atoms. The SMILES string of the molecule is C[C@H](N)c1cc(C(C)(C)C)n[nH]1. The van der Waals surface area contributed by atoms with Gasteiger partial charge in [-0.25, -0.2) is 0 Å². The van der Waals surface area contributed by atoms with Gasteiger partial charge in [0.2, 0.25) is 0 Å². The molecule has 3 nitrogen and oxygen atoms in total. The molecule has 1 aromatic rings. The fraction of sp³-hybridized carbons (Fsp3) is 0.667. The van der Waals surface area contributed by atoms with Gasteiger partial charge in [0.15, 0.2) is 0 Å². The molecule has 1 rings (SSSR count). The maximum Gasteiger partial charge on any atom is 0.0678 e. The van der Waals surface area contributed by atoms with Crippen molar-refractivity contribution in [1.29, 1.82) is 0 Å². The zero-order valence-corrected chi connectivity index (χ0v) is 8.18. The van der Waals surface area contributed by atoms with Gasteiger partial charge in [-0.15, -0.1) is 0 Å². The Morgan fingerprint density at radius 3 is 2.33 bits per heavy atom. The van der Waals surface area contributed by atoms with Crippen LogP contribution < -0.4 is 5.73 Å². The number of aromatic nitrogens is 2. The predicted octanol–water partition coefficient (Wildman–Crippen LogP) is 1.73. The summed E-state index contributed by atoms with van der Waals surface area (Å²) in [6.07, 6.45) is 0. The van der Waals surface area contributed by atoms with E-state index in [2.05, 4.69) is 31.0 Å². The maximum absolute atomic E-state index is 5.70. The molecule has 0 amide bonds. The van der Waals surface area contributed by atoms with E-state index in [0.29, 0.717) is 0 Å². The highest BCUT2D eigenvalue weighted by Crippen LogP contribution is 2.21. The second-order valence-corrected chi connectivity index (χ2v) is 4.25. The first-order valence-corrected chi connectivity index (χ1v) is 4.22. The molecule has 1 aromatic heterocycles. The minimum atomic E-state index is 0.0357. The Hall–Kier alpha value is -0.830. The van der Waals surface area contributed by atoms with Crippen LogP contribution in [0, 0.1) is 0 Å². The van der Waals surface area contributed by atoms with Crippen LogP contribution in [0.4, 0.5) is 0 Å².